The number of amides is 1. The normalized spacial score (nSPS) is 25.6. The summed E-state index contributed by atoms with van der Waals surface area (Å²) < 4.78 is 0. The number of hydrogen-bond donors (Lipinski definition) is 1. The summed E-state index contributed by atoms with van der Waals surface area (Å²) in [7, 11) is 0. The molecule has 1 aromatic carbocycles. The number of fused-ring (bicyclic) bond motifs is 1. The summed E-state index contributed by atoms with van der Waals surface area (Å²) in [6.45, 7) is 1.72. The van der Waals surface area contributed by atoms with Crippen LogP contribution in [0.2, 0.25) is 5.02 Å². The van der Waals surface area contributed by atoms with Crippen LogP contribution in [0, 0.1) is 17.2 Å². The molecule has 5 heteroatoms. The van der Waals surface area contributed by atoms with Crippen LogP contribution in [-0.2, 0) is 4.79 Å². The fraction of sp³-hybridized carbons (Fsp3) is 0.467. The number of nitriles is 1. The molecular weight excluding hydrogens is 274 g/mol. The molecule has 2 aliphatic rings. The summed E-state index contributed by atoms with van der Waals surface area (Å²) in [6.07, 6.45) is 2.46. The van der Waals surface area contributed by atoms with Crippen LogP contribution in [0.15, 0.2) is 18.2 Å². The average molecular weight is 290 g/mol. The molecule has 2 unspecified atom stereocenters. The van der Waals surface area contributed by atoms with Crippen LogP contribution in [0.5, 0.6) is 0 Å². The van der Waals surface area contributed by atoms with Crippen LogP contribution in [0.3, 0.4) is 0 Å². The fourth-order valence-electron chi connectivity index (χ4n) is 3.22. The number of carbonyl (C=O) groups is 1. The van der Waals surface area contributed by atoms with E-state index < -0.39 is 0 Å². The van der Waals surface area contributed by atoms with Crippen molar-refractivity contribution in [2.75, 3.05) is 18.0 Å². The number of benzene rings is 1. The zero-order valence-electron chi connectivity index (χ0n) is 11.1. The number of nitrogens with one attached hydrogen (secondary N) is 1. The molecule has 0 aliphatic carbocycles. The highest BCUT2D eigenvalue weighted by atomic mass is 35.5. The Morgan fingerprint density at radius 3 is 3.05 bits per heavy atom. The van der Waals surface area contributed by atoms with Crippen LogP contribution in [0.1, 0.15) is 24.8 Å². The lowest BCUT2D eigenvalue weighted by molar-refractivity contribution is -0.124. The molecule has 0 aromatic heterocycles. The van der Waals surface area contributed by atoms with Gasteiger partial charge in [0.2, 0.25) is 5.91 Å². The largest absolute Gasteiger partial charge is 0.370 e. The van der Waals surface area contributed by atoms with E-state index in [1.165, 1.54) is 0 Å². The summed E-state index contributed by atoms with van der Waals surface area (Å²) >= 11 is 6.10. The smallest absolute Gasteiger partial charge is 0.220 e. The lowest BCUT2D eigenvalue weighted by atomic mass is 9.85. The molecule has 2 atom stereocenters. The molecule has 4 nitrogen and oxygen atoms in total. The third-order valence-electron chi connectivity index (χ3n) is 4.27. The quantitative estimate of drug-likeness (QED) is 0.863. The Bertz CT molecular complexity index is 581. The Labute approximate surface area is 123 Å². The highest BCUT2D eigenvalue weighted by Crippen LogP contribution is 2.32. The lowest BCUT2D eigenvalue weighted by Gasteiger charge is -2.42. The average Bonchev–Trinajstić information content (AvgIpc) is 2.46. The summed E-state index contributed by atoms with van der Waals surface area (Å²) in [6, 6.07) is 8.07. The highest BCUT2D eigenvalue weighted by Gasteiger charge is 2.34. The second kappa shape index (κ2) is 5.34. The van der Waals surface area contributed by atoms with E-state index in [1.54, 1.807) is 6.07 Å². The summed E-state index contributed by atoms with van der Waals surface area (Å²) in [5.74, 6) is 0.632. The van der Waals surface area contributed by atoms with E-state index in [9.17, 15) is 10.1 Å². The van der Waals surface area contributed by atoms with Gasteiger partial charge >= 0.3 is 0 Å². The van der Waals surface area contributed by atoms with Gasteiger partial charge in [0, 0.05) is 25.6 Å². The van der Waals surface area contributed by atoms with E-state index in [-0.39, 0.29) is 11.9 Å². The molecule has 0 radical (unpaired) electrons. The third-order valence-corrected chi connectivity index (χ3v) is 4.58. The van der Waals surface area contributed by atoms with Crippen molar-refractivity contribution < 1.29 is 4.79 Å². The lowest BCUT2D eigenvalue weighted by Crippen LogP contribution is -2.54. The van der Waals surface area contributed by atoms with Gasteiger partial charge in [-0.05, 0) is 30.9 Å². The molecule has 3 rings (SSSR count). The molecule has 2 heterocycles. The van der Waals surface area contributed by atoms with Crippen molar-refractivity contribution in [1.29, 1.82) is 5.26 Å². The standard InChI is InChI=1S/C15H16ClN3O/c16-12-2-1-3-14(11(12)8-17)19-7-6-13-10(9-19)4-5-15(20)18-13/h1-3,10,13H,4-7,9H2,(H,18,20). The Morgan fingerprint density at radius 1 is 1.40 bits per heavy atom. The first-order valence-electron chi connectivity index (χ1n) is 6.92. The zero-order valence-corrected chi connectivity index (χ0v) is 11.9. The van der Waals surface area contributed by atoms with E-state index in [1.807, 2.05) is 12.1 Å². The molecular formula is C15H16ClN3O. The minimum atomic E-state index is 0.167. The van der Waals surface area contributed by atoms with Gasteiger partial charge in [-0.15, -0.1) is 0 Å². The molecule has 2 fully saturated rings. The topological polar surface area (TPSA) is 56.1 Å². The number of halogens is 1. The Morgan fingerprint density at radius 2 is 2.25 bits per heavy atom. The first-order chi connectivity index (χ1) is 9.69. The highest BCUT2D eigenvalue weighted by molar-refractivity contribution is 6.32. The maximum absolute atomic E-state index is 11.4. The first kappa shape index (κ1) is 13.3. The van der Waals surface area contributed by atoms with Crippen molar-refractivity contribution in [3.8, 4) is 6.07 Å². The van der Waals surface area contributed by atoms with Crippen LogP contribution in [0.25, 0.3) is 0 Å². The van der Waals surface area contributed by atoms with Crippen molar-refractivity contribution in [2.45, 2.75) is 25.3 Å². The fourth-order valence-corrected chi connectivity index (χ4v) is 3.43. The predicted octanol–water partition coefficient (Wildman–Crippen LogP) is 2.32. The van der Waals surface area contributed by atoms with Crippen LogP contribution < -0.4 is 10.2 Å². The van der Waals surface area contributed by atoms with Gasteiger partial charge in [0.15, 0.2) is 0 Å². The Balaban J connectivity index is 1.82. The van der Waals surface area contributed by atoms with Crippen molar-refractivity contribution >= 4 is 23.2 Å². The maximum Gasteiger partial charge on any atom is 0.220 e. The van der Waals surface area contributed by atoms with Gasteiger partial charge in [0.05, 0.1) is 16.3 Å². The second-order valence-electron chi connectivity index (χ2n) is 5.45. The number of hydrogen-bond acceptors (Lipinski definition) is 3. The van der Waals surface area contributed by atoms with Crippen molar-refractivity contribution in [3.63, 3.8) is 0 Å². The van der Waals surface area contributed by atoms with Gasteiger partial charge < -0.3 is 10.2 Å². The van der Waals surface area contributed by atoms with Crippen molar-refractivity contribution in [2.24, 2.45) is 5.92 Å². The molecule has 2 saturated heterocycles. The minimum Gasteiger partial charge on any atom is -0.370 e. The molecule has 1 amide bonds. The third kappa shape index (κ3) is 2.34. The molecule has 2 aliphatic heterocycles. The molecule has 1 aromatic rings. The van der Waals surface area contributed by atoms with Crippen molar-refractivity contribution in [1.82, 2.24) is 5.32 Å². The van der Waals surface area contributed by atoms with Gasteiger partial charge in [0.1, 0.15) is 6.07 Å². The SMILES string of the molecule is N#Cc1c(Cl)cccc1N1CCC2NC(=O)CCC2C1. The zero-order chi connectivity index (χ0) is 14.1. The molecule has 1 N–H and O–H groups in total. The number of nitrogens with zero attached hydrogens (tertiary/aromatic N) is 2. The molecule has 0 bridgehead atoms. The van der Waals surface area contributed by atoms with Crippen molar-refractivity contribution in [3.05, 3.63) is 28.8 Å². The minimum absolute atomic E-state index is 0.167. The number of piperidine rings is 2. The maximum atomic E-state index is 11.4. The molecule has 104 valence electrons. The number of anilines is 1. The van der Waals surface area contributed by atoms with Gasteiger partial charge in [0.25, 0.3) is 0 Å². The van der Waals surface area contributed by atoms with E-state index >= 15 is 0 Å². The van der Waals surface area contributed by atoms with E-state index in [4.69, 9.17) is 11.6 Å². The van der Waals surface area contributed by atoms with Crippen LogP contribution in [0.4, 0.5) is 5.69 Å². The monoisotopic (exact) mass is 289 g/mol. The molecule has 0 saturated carbocycles. The van der Waals surface area contributed by atoms with Gasteiger partial charge in [-0.1, -0.05) is 17.7 Å². The second-order valence-corrected chi connectivity index (χ2v) is 5.86. The predicted molar refractivity (Wildman–Crippen MR) is 77.7 cm³/mol. The Hall–Kier alpha value is -1.73. The summed E-state index contributed by atoms with van der Waals surface area (Å²) in [5.41, 5.74) is 1.46. The first-order valence-corrected chi connectivity index (χ1v) is 7.30. The number of rotatable bonds is 1. The summed E-state index contributed by atoms with van der Waals surface area (Å²) in [5, 5.41) is 12.9. The van der Waals surface area contributed by atoms with Gasteiger partial charge in [-0.25, -0.2) is 0 Å². The van der Waals surface area contributed by atoms with E-state index in [0.717, 1.165) is 31.6 Å². The van der Waals surface area contributed by atoms with Crippen LogP contribution >= 0.6 is 11.6 Å². The van der Waals surface area contributed by atoms with Gasteiger partial charge in [-0.3, -0.25) is 4.79 Å². The Kier molecular flexibility index (Phi) is 3.54. The molecule has 20 heavy (non-hydrogen) atoms. The molecule has 0 spiro atoms. The van der Waals surface area contributed by atoms with Gasteiger partial charge in [-0.2, -0.15) is 5.26 Å². The van der Waals surface area contributed by atoms with E-state index in [0.29, 0.717) is 22.9 Å². The number of carbonyl (C=O) groups excluding carboxylic acids is 1. The van der Waals surface area contributed by atoms with E-state index in [2.05, 4.69) is 16.3 Å². The van der Waals surface area contributed by atoms with Crippen LogP contribution in [-0.4, -0.2) is 25.0 Å². The summed E-state index contributed by atoms with van der Waals surface area (Å²) in [4.78, 5) is 13.7.